The molecule has 0 fully saturated rings. The van der Waals surface area contributed by atoms with Crippen LogP contribution in [0.15, 0.2) is 35.7 Å². The molecular weight excluding hydrogens is 350 g/mol. The number of thioether (sulfide) groups is 1. The number of amides is 1. The minimum absolute atomic E-state index is 0.0752. The molecule has 1 amide bonds. The zero-order valence-corrected chi connectivity index (χ0v) is 16.3. The summed E-state index contributed by atoms with van der Waals surface area (Å²) in [6, 6.07) is 6.30. The Balaban J connectivity index is 1.82. The Kier molecular flexibility index (Phi) is 7.72. The minimum Gasteiger partial charge on any atom is -0.466 e. The highest BCUT2D eigenvalue weighted by Gasteiger charge is 2.10. The Morgan fingerprint density at radius 2 is 1.96 bits per heavy atom. The molecule has 0 saturated carbocycles. The van der Waals surface area contributed by atoms with Crippen LogP contribution in [0.25, 0.3) is 5.69 Å². The van der Waals surface area contributed by atoms with Crippen LogP contribution >= 0.6 is 11.8 Å². The number of carbonyl (C=O) groups excluding carboxylic acids is 2. The highest BCUT2D eigenvalue weighted by Crippen LogP contribution is 2.22. The predicted octanol–water partition coefficient (Wildman–Crippen LogP) is 3.04. The van der Waals surface area contributed by atoms with Crippen molar-refractivity contribution >= 4 is 23.6 Å². The van der Waals surface area contributed by atoms with E-state index < -0.39 is 0 Å². The van der Waals surface area contributed by atoms with E-state index in [0.29, 0.717) is 26.0 Å². The number of hydrogen-bond donors (Lipinski definition) is 1. The molecule has 140 valence electrons. The van der Waals surface area contributed by atoms with Crippen molar-refractivity contribution in [2.75, 3.05) is 18.9 Å². The fraction of sp³-hybridized carbons (Fsp3) is 0.421. The molecule has 6 nitrogen and oxygen atoms in total. The molecule has 0 unspecified atom stereocenters. The van der Waals surface area contributed by atoms with E-state index in [1.807, 2.05) is 10.8 Å². The number of hydrogen-bond acceptors (Lipinski definition) is 5. The first-order valence-corrected chi connectivity index (χ1v) is 9.65. The molecule has 0 atom stereocenters. The Labute approximate surface area is 158 Å². The van der Waals surface area contributed by atoms with Crippen molar-refractivity contribution in [2.24, 2.45) is 0 Å². The molecular formula is C19H25N3O3S. The summed E-state index contributed by atoms with van der Waals surface area (Å²) in [5.41, 5.74) is 3.41. The third kappa shape index (κ3) is 6.22. The molecule has 2 aromatic rings. The number of aromatic nitrogens is 2. The van der Waals surface area contributed by atoms with E-state index in [1.165, 1.54) is 22.9 Å². The Hall–Kier alpha value is -2.28. The van der Waals surface area contributed by atoms with Gasteiger partial charge in [-0.3, -0.25) is 14.2 Å². The summed E-state index contributed by atoms with van der Waals surface area (Å²) in [6.45, 7) is 6.74. The van der Waals surface area contributed by atoms with Crippen LogP contribution in [-0.2, 0) is 14.3 Å². The van der Waals surface area contributed by atoms with E-state index >= 15 is 0 Å². The van der Waals surface area contributed by atoms with Crippen molar-refractivity contribution < 1.29 is 14.3 Å². The monoisotopic (exact) mass is 375 g/mol. The number of benzene rings is 1. The molecule has 0 bridgehead atoms. The smallest absolute Gasteiger partial charge is 0.305 e. The molecule has 2 rings (SSSR count). The van der Waals surface area contributed by atoms with Gasteiger partial charge in [-0.2, -0.15) is 0 Å². The van der Waals surface area contributed by atoms with Gasteiger partial charge < -0.3 is 10.1 Å². The summed E-state index contributed by atoms with van der Waals surface area (Å²) in [6.07, 6.45) is 4.52. The highest BCUT2D eigenvalue weighted by atomic mass is 32.2. The lowest BCUT2D eigenvalue weighted by atomic mass is 10.1. The summed E-state index contributed by atoms with van der Waals surface area (Å²) in [5.74, 6) is -0.0262. The number of nitrogens with zero attached hydrogens (tertiary/aromatic N) is 2. The van der Waals surface area contributed by atoms with E-state index in [4.69, 9.17) is 4.74 Å². The van der Waals surface area contributed by atoms with Gasteiger partial charge in [0, 0.05) is 31.0 Å². The van der Waals surface area contributed by atoms with Crippen LogP contribution in [0.5, 0.6) is 0 Å². The van der Waals surface area contributed by atoms with Gasteiger partial charge >= 0.3 is 5.97 Å². The van der Waals surface area contributed by atoms with Crippen LogP contribution in [0.2, 0.25) is 0 Å². The third-order valence-electron chi connectivity index (χ3n) is 3.61. The lowest BCUT2D eigenvalue weighted by molar-refractivity contribution is -0.143. The maximum absolute atomic E-state index is 12.0. The van der Waals surface area contributed by atoms with Gasteiger partial charge in [0.1, 0.15) is 0 Å². The van der Waals surface area contributed by atoms with E-state index in [-0.39, 0.29) is 17.6 Å². The van der Waals surface area contributed by atoms with Crippen LogP contribution in [0.1, 0.15) is 30.9 Å². The van der Waals surface area contributed by atoms with Gasteiger partial charge in [0.15, 0.2) is 5.16 Å². The highest BCUT2D eigenvalue weighted by molar-refractivity contribution is 7.99. The van der Waals surface area contributed by atoms with Crippen molar-refractivity contribution in [1.29, 1.82) is 0 Å². The SMILES string of the molecule is CCOC(=O)CCCNC(=O)CSc1nccn1-c1cc(C)cc(C)c1. The number of rotatable bonds is 9. The second kappa shape index (κ2) is 10.0. The first-order chi connectivity index (χ1) is 12.5. The molecule has 0 radical (unpaired) electrons. The lowest BCUT2D eigenvalue weighted by Gasteiger charge is -2.10. The normalized spacial score (nSPS) is 10.6. The van der Waals surface area contributed by atoms with Gasteiger partial charge in [0.05, 0.1) is 12.4 Å². The maximum atomic E-state index is 12.0. The summed E-state index contributed by atoms with van der Waals surface area (Å²) in [7, 11) is 0. The molecule has 26 heavy (non-hydrogen) atoms. The van der Waals surface area contributed by atoms with E-state index in [2.05, 4.69) is 42.3 Å². The molecule has 1 aromatic carbocycles. The van der Waals surface area contributed by atoms with Gasteiger partial charge in [-0.1, -0.05) is 17.8 Å². The molecule has 0 spiro atoms. The molecule has 7 heteroatoms. The Morgan fingerprint density at radius 1 is 1.23 bits per heavy atom. The molecule has 0 aliphatic heterocycles. The average Bonchev–Trinajstić information content (AvgIpc) is 3.05. The largest absolute Gasteiger partial charge is 0.466 e. The quantitative estimate of drug-likeness (QED) is 0.414. The zero-order chi connectivity index (χ0) is 18.9. The molecule has 0 aliphatic carbocycles. The first kappa shape index (κ1) is 20.0. The number of imidazole rings is 1. The topological polar surface area (TPSA) is 73.2 Å². The molecule has 1 aromatic heterocycles. The van der Waals surface area contributed by atoms with E-state index in [9.17, 15) is 9.59 Å². The van der Waals surface area contributed by atoms with Crippen molar-refractivity contribution in [1.82, 2.24) is 14.9 Å². The standard InChI is InChI=1S/C19H25N3O3S/c1-4-25-18(24)6-5-7-20-17(23)13-26-19-21-8-9-22(19)16-11-14(2)10-15(3)12-16/h8-12H,4-7,13H2,1-3H3,(H,20,23). The Bertz CT molecular complexity index is 738. The van der Waals surface area contributed by atoms with Crippen LogP contribution in [0, 0.1) is 13.8 Å². The summed E-state index contributed by atoms with van der Waals surface area (Å²) < 4.78 is 6.84. The van der Waals surface area contributed by atoms with Crippen LogP contribution in [-0.4, -0.2) is 40.3 Å². The molecule has 0 saturated heterocycles. The van der Waals surface area contributed by atoms with Gasteiger partial charge in [0.2, 0.25) is 5.91 Å². The first-order valence-electron chi connectivity index (χ1n) is 8.66. The van der Waals surface area contributed by atoms with Gasteiger partial charge in [-0.15, -0.1) is 0 Å². The Morgan fingerprint density at radius 3 is 2.65 bits per heavy atom. The average molecular weight is 375 g/mol. The predicted molar refractivity (Wildman–Crippen MR) is 103 cm³/mol. The number of nitrogens with one attached hydrogen (secondary N) is 1. The maximum Gasteiger partial charge on any atom is 0.305 e. The fourth-order valence-electron chi connectivity index (χ4n) is 2.56. The second-order valence-corrected chi connectivity index (χ2v) is 6.92. The van der Waals surface area contributed by atoms with Crippen molar-refractivity contribution in [3.8, 4) is 5.69 Å². The number of aryl methyl sites for hydroxylation is 2. The molecule has 1 heterocycles. The minimum atomic E-state index is -0.230. The van der Waals surface area contributed by atoms with Crippen LogP contribution in [0.3, 0.4) is 0 Å². The van der Waals surface area contributed by atoms with Gasteiger partial charge in [-0.25, -0.2) is 4.98 Å². The van der Waals surface area contributed by atoms with Crippen molar-refractivity contribution in [3.05, 3.63) is 41.7 Å². The summed E-state index contributed by atoms with van der Waals surface area (Å²) in [4.78, 5) is 27.6. The van der Waals surface area contributed by atoms with Gasteiger partial charge in [-0.05, 0) is 50.5 Å². The molecule has 1 N–H and O–H groups in total. The number of esters is 1. The summed E-state index contributed by atoms with van der Waals surface area (Å²) in [5, 5.41) is 3.59. The number of carbonyl (C=O) groups is 2. The number of ether oxygens (including phenoxy) is 1. The lowest BCUT2D eigenvalue weighted by Crippen LogP contribution is -2.26. The fourth-order valence-corrected chi connectivity index (χ4v) is 3.36. The second-order valence-electron chi connectivity index (χ2n) is 5.97. The third-order valence-corrected chi connectivity index (χ3v) is 4.58. The molecule has 0 aliphatic rings. The van der Waals surface area contributed by atoms with Crippen molar-refractivity contribution in [2.45, 2.75) is 38.8 Å². The van der Waals surface area contributed by atoms with Crippen molar-refractivity contribution in [3.63, 3.8) is 0 Å². The summed E-state index contributed by atoms with van der Waals surface area (Å²) >= 11 is 1.39. The van der Waals surface area contributed by atoms with Gasteiger partial charge in [0.25, 0.3) is 0 Å². The van der Waals surface area contributed by atoms with Crippen LogP contribution in [0.4, 0.5) is 0 Å². The van der Waals surface area contributed by atoms with Crippen LogP contribution < -0.4 is 5.32 Å². The van der Waals surface area contributed by atoms with E-state index in [0.717, 1.165) is 10.8 Å². The van der Waals surface area contributed by atoms with E-state index in [1.54, 1.807) is 13.1 Å². The zero-order valence-electron chi connectivity index (χ0n) is 15.4.